The molecule has 0 aliphatic carbocycles. The summed E-state index contributed by atoms with van der Waals surface area (Å²) in [6, 6.07) is 20.8. The minimum absolute atomic E-state index is 0.163. The van der Waals surface area contributed by atoms with Crippen LogP contribution in [-0.2, 0) is 17.8 Å². The first-order valence-electron chi connectivity index (χ1n) is 12.4. The summed E-state index contributed by atoms with van der Waals surface area (Å²) < 4.78 is 5.95. The molecule has 1 aliphatic heterocycles. The molecule has 0 bridgehead atoms. The summed E-state index contributed by atoms with van der Waals surface area (Å²) in [4.78, 5) is 32.3. The van der Waals surface area contributed by atoms with Crippen LogP contribution in [0.15, 0.2) is 71.6 Å². The van der Waals surface area contributed by atoms with Crippen LogP contribution in [0.25, 0.3) is 0 Å². The van der Waals surface area contributed by atoms with E-state index in [-0.39, 0.29) is 17.4 Å². The molecule has 1 N–H and O–H groups in total. The monoisotopic (exact) mass is 517 g/mol. The Balaban J connectivity index is 1.69. The smallest absolute Gasteiger partial charge is 0.257 e. The van der Waals surface area contributed by atoms with Crippen LogP contribution in [0.3, 0.4) is 0 Å². The Morgan fingerprint density at radius 2 is 1.59 bits per heavy atom. The largest absolute Gasteiger partial charge is 0.488 e. The van der Waals surface area contributed by atoms with E-state index < -0.39 is 6.04 Å². The highest BCUT2D eigenvalue weighted by Crippen LogP contribution is 2.30. The van der Waals surface area contributed by atoms with Gasteiger partial charge in [0.2, 0.25) is 5.91 Å². The third-order valence-electron chi connectivity index (χ3n) is 6.24. The van der Waals surface area contributed by atoms with Crippen molar-refractivity contribution in [2.75, 3.05) is 30.6 Å². The Hall–Kier alpha value is -3.45. The minimum atomic E-state index is -0.669. The molecule has 1 aliphatic rings. The van der Waals surface area contributed by atoms with Crippen LogP contribution in [0.4, 0.5) is 11.4 Å². The van der Waals surface area contributed by atoms with Gasteiger partial charge in [0, 0.05) is 37.6 Å². The summed E-state index contributed by atoms with van der Waals surface area (Å²) in [5.41, 5.74) is 3.58. The molecule has 0 unspecified atom stereocenters. The number of nitrogens with one attached hydrogen (secondary N) is 1. The van der Waals surface area contributed by atoms with E-state index in [0.717, 1.165) is 27.5 Å². The molecule has 37 heavy (non-hydrogen) atoms. The van der Waals surface area contributed by atoms with Crippen molar-refractivity contribution in [3.63, 3.8) is 0 Å². The van der Waals surface area contributed by atoms with Crippen molar-refractivity contribution >= 4 is 35.0 Å². The number of hydrogen-bond acceptors (Lipinski definition) is 5. The standard InChI is InChI=1S/C30H35N3O3S/c1-30(2,3)36-23-12-7-20(8-13-23)17-27-28(34)31-26-16-11-22(32(4)5)18-25(26)29(35)33(27)19-21-9-14-24(37-6)15-10-21/h7-16,18,27H,17,19H2,1-6H3,(H,31,34)/t27-/m0/s1. The van der Waals surface area contributed by atoms with Crippen molar-refractivity contribution in [3.8, 4) is 5.75 Å². The van der Waals surface area contributed by atoms with Crippen LogP contribution < -0.4 is 15.0 Å². The summed E-state index contributed by atoms with van der Waals surface area (Å²) in [6.45, 7) is 6.35. The second kappa shape index (κ2) is 10.9. The number of thioether (sulfide) groups is 1. The van der Waals surface area contributed by atoms with E-state index in [9.17, 15) is 9.59 Å². The van der Waals surface area contributed by atoms with Gasteiger partial charge in [-0.15, -0.1) is 11.8 Å². The number of anilines is 2. The van der Waals surface area contributed by atoms with Crippen molar-refractivity contribution in [1.82, 2.24) is 4.90 Å². The van der Waals surface area contributed by atoms with E-state index in [0.29, 0.717) is 24.2 Å². The summed E-state index contributed by atoms with van der Waals surface area (Å²) in [5.74, 6) is 0.413. The van der Waals surface area contributed by atoms with Gasteiger partial charge in [0.25, 0.3) is 5.91 Å². The number of amides is 2. The van der Waals surface area contributed by atoms with Gasteiger partial charge in [-0.3, -0.25) is 9.59 Å². The van der Waals surface area contributed by atoms with Gasteiger partial charge in [0.15, 0.2) is 0 Å². The lowest BCUT2D eigenvalue weighted by molar-refractivity contribution is -0.120. The fourth-order valence-electron chi connectivity index (χ4n) is 4.33. The highest BCUT2D eigenvalue weighted by molar-refractivity contribution is 7.98. The Bertz CT molecular complexity index is 1260. The number of carbonyl (C=O) groups excluding carboxylic acids is 2. The van der Waals surface area contributed by atoms with Crippen LogP contribution in [-0.4, -0.2) is 48.7 Å². The zero-order valence-electron chi connectivity index (χ0n) is 22.4. The summed E-state index contributed by atoms with van der Waals surface area (Å²) >= 11 is 1.67. The fourth-order valence-corrected chi connectivity index (χ4v) is 4.74. The predicted octanol–water partition coefficient (Wildman–Crippen LogP) is 5.86. The number of fused-ring (bicyclic) bond motifs is 1. The van der Waals surface area contributed by atoms with Gasteiger partial charge in [-0.2, -0.15) is 0 Å². The molecule has 7 heteroatoms. The highest BCUT2D eigenvalue weighted by atomic mass is 32.2. The summed E-state index contributed by atoms with van der Waals surface area (Å²) in [7, 11) is 3.87. The third-order valence-corrected chi connectivity index (χ3v) is 6.98. The van der Waals surface area contributed by atoms with Crippen molar-refractivity contribution in [1.29, 1.82) is 0 Å². The number of nitrogens with zero attached hydrogens (tertiary/aromatic N) is 2. The molecular formula is C30H35N3O3S. The lowest BCUT2D eigenvalue weighted by Gasteiger charge is -2.29. The molecule has 1 atom stereocenters. The molecule has 3 aromatic rings. The van der Waals surface area contributed by atoms with Gasteiger partial charge < -0.3 is 19.9 Å². The van der Waals surface area contributed by atoms with Gasteiger partial charge in [-0.1, -0.05) is 24.3 Å². The first-order valence-corrected chi connectivity index (χ1v) is 13.6. The molecule has 2 amide bonds. The third kappa shape index (κ3) is 6.46. The van der Waals surface area contributed by atoms with Crippen LogP contribution in [0, 0.1) is 0 Å². The molecule has 4 rings (SSSR count). The number of rotatable bonds is 7. The summed E-state index contributed by atoms with van der Waals surface area (Å²) in [6.07, 6.45) is 2.43. The Kier molecular flexibility index (Phi) is 7.83. The van der Waals surface area contributed by atoms with Crippen molar-refractivity contribution in [2.45, 2.75) is 50.3 Å². The SMILES string of the molecule is CSc1ccc(CN2C(=O)c3cc(N(C)C)ccc3NC(=O)[C@@H]2Cc2ccc(OC(C)(C)C)cc2)cc1. The predicted molar refractivity (Wildman–Crippen MR) is 152 cm³/mol. The first kappa shape index (κ1) is 26.6. The van der Waals surface area contributed by atoms with Crippen molar-refractivity contribution in [2.24, 2.45) is 0 Å². The van der Waals surface area contributed by atoms with Crippen LogP contribution >= 0.6 is 11.8 Å². The Morgan fingerprint density at radius 3 is 2.19 bits per heavy atom. The topological polar surface area (TPSA) is 61.9 Å². The number of hydrogen-bond donors (Lipinski definition) is 1. The van der Waals surface area contributed by atoms with Gasteiger partial charge in [-0.05, 0) is 80.6 Å². The van der Waals surface area contributed by atoms with E-state index in [1.54, 1.807) is 16.7 Å². The molecule has 0 aromatic heterocycles. The first-order chi connectivity index (χ1) is 17.5. The molecule has 0 saturated carbocycles. The minimum Gasteiger partial charge on any atom is -0.488 e. The molecule has 0 radical (unpaired) electrons. The maximum absolute atomic E-state index is 14.0. The molecule has 1 heterocycles. The lowest BCUT2D eigenvalue weighted by Crippen LogP contribution is -2.46. The number of carbonyl (C=O) groups is 2. The van der Waals surface area contributed by atoms with Crippen molar-refractivity contribution < 1.29 is 14.3 Å². The number of benzene rings is 3. The zero-order chi connectivity index (χ0) is 26.7. The maximum atomic E-state index is 14.0. The Morgan fingerprint density at radius 1 is 0.946 bits per heavy atom. The van der Waals surface area contributed by atoms with E-state index in [4.69, 9.17) is 4.74 Å². The van der Waals surface area contributed by atoms with Crippen LogP contribution in [0.2, 0.25) is 0 Å². The van der Waals surface area contributed by atoms with Gasteiger partial charge in [0.1, 0.15) is 17.4 Å². The van der Waals surface area contributed by atoms with E-state index >= 15 is 0 Å². The molecule has 6 nitrogen and oxygen atoms in total. The second-order valence-corrected chi connectivity index (χ2v) is 11.4. The molecule has 194 valence electrons. The quantitative estimate of drug-likeness (QED) is 0.398. The normalized spacial score (nSPS) is 15.6. The second-order valence-electron chi connectivity index (χ2n) is 10.5. The van der Waals surface area contributed by atoms with E-state index in [2.05, 4.69) is 5.32 Å². The van der Waals surface area contributed by atoms with Gasteiger partial charge >= 0.3 is 0 Å². The summed E-state index contributed by atoms with van der Waals surface area (Å²) in [5, 5.41) is 3.02. The van der Waals surface area contributed by atoms with Crippen LogP contribution in [0.1, 0.15) is 42.3 Å². The van der Waals surface area contributed by atoms with E-state index in [1.165, 1.54) is 0 Å². The molecule has 0 spiro atoms. The Labute approximate surface area is 224 Å². The molecular weight excluding hydrogens is 482 g/mol. The highest BCUT2D eigenvalue weighted by Gasteiger charge is 2.35. The molecule has 0 saturated heterocycles. The zero-order valence-corrected chi connectivity index (χ0v) is 23.2. The van der Waals surface area contributed by atoms with Crippen LogP contribution in [0.5, 0.6) is 5.75 Å². The molecule has 3 aromatic carbocycles. The maximum Gasteiger partial charge on any atom is 0.257 e. The van der Waals surface area contributed by atoms with Gasteiger partial charge in [-0.25, -0.2) is 0 Å². The fraction of sp³-hybridized carbons (Fsp3) is 0.333. The van der Waals surface area contributed by atoms with Gasteiger partial charge in [0.05, 0.1) is 11.3 Å². The number of ether oxygens (including phenoxy) is 1. The van der Waals surface area contributed by atoms with E-state index in [1.807, 2.05) is 113 Å². The molecule has 0 fully saturated rings. The average Bonchev–Trinajstić information content (AvgIpc) is 2.94. The van der Waals surface area contributed by atoms with Crippen molar-refractivity contribution in [3.05, 3.63) is 83.4 Å². The average molecular weight is 518 g/mol. The lowest BCUT2D eigenvalue weighted by atomic mass is 10.0.